The van der Waals surface area contributed by atoms with Gasteiger partial charge in [-0.05, 0) is 36.9 Å². The Kier molecular flexibility index (Phi) is 4.16. The van der Waals surface area contributed by atoms with Crippen molar-refractivity contribution in [3.63, 3.8) is 0 Å². The molecule has 2 heterocycles. The largest absolute Gasteiger partial charge is 0.478 e. The molecule has 0 atom stereocenters. The average molecular weight is 276 g/mol. The molecule has 4 nitrogen and oxygen atoms in total. The summed E-state index contributed by atoms with van der Waals surface area (Å²) in [6.45, 7) is 2.62. The van der Waals surface area contributed by atoms with Gasteiger partial charge in [0.1, 0.15) is 5.82 Å². The molecule has 0 unspecified atom stereocenters. The Bertz CT molecular complexity index is 567. The number of carboxylic acids is 1. The Hall–Kier alpha value is -1.88. The van der Waals surface area contributed by atoms with Crippen molar-refractivity contribution in [1.82, 2.24) is 4.98 Å². The highest BCUT2D eigenvalue weighted by Gasteiger charge is 2.10. The van der Waals surface area contributed by atoms with Crippen LogP contribution in [0.25, 0.3) is 0 Å². The fourth-order valence-electron chi connectivity index (χ4n) is 1.82. The first kappa shape index (κ1) is 13.5. The summed E-state index contributed by atoms with van der Waals surface area (Å²) in [5.74, 6) is -0.215. The number of anilines is 1. The summed E-state index contributed by atoms with van der Waals surface area (Å²) < 4.78 is 0. The van der Waals surface area contributed by atoms with E-state index in [1.807, 2.05) is 24.9 Å². The van der Waals surface area contributed by atoms with E-state index in [1.54, 1.807) is 23.5 Å². The molecule has 1 N–H and O–H groups in total. The van der Waals surface area contributed by atoms with Crippen molar-refractivity contribution in [3.8, 4) is 0 Å². The number of hydrogen-bond acceptors (Lipinski definition) is 4. The number of carboxylic acid groups (broad SMARTS) is 1. The van der Waals surface area contributed by atoms with Gasteiger partial charge in [0.25, 0.3) is 0 Å². The van der Waals surface area contributed by atoms with Gasteiger partial charge in [-0.15, -0.1) is 11.3 Å². The summed E-state index contributed by atoms with van der Waals surface area (Å²) in [7, 11) is 1.93. The molecule has 0 aliphatic rings. The molecule has 100 valence electrons. The smallest absolute Gasteiger partial charge is 0.335 e. The minimum atomic E-state index is -0.918. The van der Waals surface area contributed by atoms with Gasteiger partial charge in [-0.25, -0.2) is 9.78 Å². The van der Waals surface area contributed by atoms with Gasteiger partial charge in [-0.2, -0.15) is 0 Å². The first-order chi connectivity index (χ1) is 9.06. The summed E-state index contributed by atoms with van der Waals surface area (Å²) in [6.07, 6.45) is 0.937. The van der Waals surface area contributed by atoms with Gasteiger partial charge in [0.2, 0.25) is 0 Å². The number of likely N-dealkylation sites (N-methyl/N-ethyl adjacent to an activating group) is 1. The molecule has 0 saturated carbocycles. The van der Waals surface area contributed by atoms with Crippen molar-refractivity contribution < 1.29 is 9.90 Å². The van der Waals surface area contributed by atoms with Crippen LogP contribution in [0, 0.1) is 6.92 Å². The van der Waals surface area contributed by atoms with Crippen LogP contribution in [0.3, 0.4) is 0 Å². The second-order valence-corrected chi connectivity index (χ2v) is 5.44. The lowest BCUT2D eigenvalue weighted by atomic mass is 10.2. The van der Waals surface area contributed by atoms with E-state index in [2.05, 4.69) is 16.4 Å². The third kappa shape index (κ3) is 3.54. The maximum Gasteiger partial charge on any atom is 0.335 e. The summed E-state index contributed by atoms with van der Waals surface area (Å²) in [6, 6.07) is 7.33. The second kappa shape index (κ2) is 5.84. The number of rotatable bonds is 5. The van der Waals surface area contributed by atoms with Crippen molar-refractivity contribution in [2.75, 3.05) is 18.5 Å². The fraction of sp³-hybridized carbons (Fsp3) is 0.286. The van der Waals surface area contributed by atoms with Gasteiger partial charge in [0, 0.05) is 24.2 Å². The molecule has 5 heteroatoms. The van der Waals surface area contributed by atoms with Crippen LogP contribution < -0.4 is 4.90 Å². The number of nitrogens with zero attached hydrogens (tertiary/aromatic N) is 2. The van der Waals surface area contributed by atoms with Crippen LogP contribution in [-0.2, 0) is 6.42 Å². The van der Waals surface area contributed by atoms with Gasteiger partial charge in [0.05, 0.1) is 5.56 Å². The summed E-state index contributed by atoms with van der Waals surface area (Å²) >= 11 is 1.73. The van der Waals surface area contributed by atoms with E-state index in [0.717, 1.165) is 18.7 Å². The Labute approximate surface area is 116 Å². The Balaban J connectivity index is 2.09. The predicted octanol–water partition coefficient (Wildman–Crippen LogP) is 2.83. The maximum absolute atomic E-state index is 11.0. The van der Waals surface area contributed by atoms with Gasteiger partial charge in [-0.1, -0.05) is 6.07 Å². The molecule has 0 aliphatic heterocycles. The topological polar surface area (TPSA) is 53.4 Å². The SMILES string of the molecule is Cc1cc(C(=O)O)cc(N(C)CCc2cccs2)n1. The van der Waals surface area contributed by atoms with Crippen molar-refractivity contribution in [3.05, 3.63) is 45.8 Å². The second-order valence-electron chi connectivity index (χ2n) is 4.41. The lowest BCUT2D eigenvalue weighted by Gasteiger charge is -2.18. The van der Waals surface area contributed by atoms with Gasteiger partial charge < -0.3 is 10.0 Å². The number of carbonyl (C=O) groups is 1. The van der Waals surface area contributed by atoms with Crippen LogP contribution in [0.15, 0.2) is 29.6 Å². The van der Waals surface area contributed by atoms with E-state index in [0.29, 0.717) is 5.82 Å². The van der Waals surface area contributed by atoms with Crippen LogP contribution in [0.2, 0.25) is 0 Å². The molecule has 19 heavy (non-hydrogen) atoms. The standard InChI is InChI=1S/C14H16N2O2S/c1-10-8-11(14(17)18)9-13(15-10)16(2)6-5-12-4-3-7-19-12/h3-4,7-9H,5-6H2,1-2H3,(H,17,18). The van der Waals surface area contributed by atoms with E-state index >= 15 is 0 Å². The number of aromatic carboxylic acids is 1. The minimum Gasteiger partial charge on any atom is -0.478 e. The van der Waals surface area contributed by atoms with Crippen LogP contribution in [0.4, 0.5) is 5.82 Å². The van der Waals surface area contributed by atoms with Crippen LogP contribution in [-0.4, -0.2) is 29.7 Å². The maximum atomic E-state index is 11.0. The normalized spacial score (nSPS) is 10.4. The molecule has 0 amide bonds. The molecule has 0 aromatic carbocycles. The Morgan fingerprint density at radius 1 is 1.47 bits per heavy atom. The number of pyridine rings is 1. The minimum absolute atomic E-state index is 0.283. The third-order valence-electron chi connectivity index (χ3n) is 2.85. The van der Waals surface area contributed by atoms with Crippen molar-refractivity contribution in [2.45, 2.75) is 13.3 Å². The van der Waals surface area contributed by atoms with E-state index in [9.17, 15) is 4.79 Å². The lowest BCUT2D eigenvalue weighted by molar-refractivity contribution is 0.0696. The number of thiophene rings is 1. The molecular weight excluding hydrogens is 260 g/mol. The molecule has 0 aliphatic carbocycles. The van der Waals surface area contributed by atoms with Gasteiger partial charge >= 0.3 is 5.97 Å². The molecule has 2 aromatic rings. The zero-order chi connectivity index (χ0) is 13.8. The van der Waals surface area contributed by atoms with Crippen molar-refractivity contribution in [1.29, 1.82) is 0 Å². The highest BCUT2D eigenvalue weighted by Crippen LogP contribution is 2.16. The molecule has 0 bridgehead atoms. The molecule has 0 fully saturated rings. The van der Waals surface area contributed by atoms with E-state index < -0.39 is 5.97 Å². The molecular formula is C14H16N2O2S. The van der Waals surface area contributed by atoms with E-state index in [4.69, 9.17) is 5.11 Å². The first-order valence-corrected chi connectivity index (χ1v) is 6.90. The lowest BCUT2D eigenvalue weighted by Crippen LogP contribution is -2.21. The molecule has 0 saturated heterocycles. The highest BCUT2D eigenvalue weighted by molar-refractivity contribution is 7.09. The number of hydrogen-bond donors (Lipinski definition) is 1. The van der Waals surface area contributed by atoms with Gasteiger partial charge in [-0.3, -0.25) is 0 Å². The third-order valence-corrected chi connectivity index (χ3v) is 3.79. The summed E-state index contributed by atoms with van der Waals surface area (Å²) in [4.78, 5) is 18.7. The van der Waals surface area contributed by atoms with E-state index in [-0.39, 0.29) is 5.56 Å². The van der Waals surface area contributed by atoms with E-state index in [1.165, 1.54) is 4.88 Å². The number of aryl methyl sites for hydroxylation is 1. The van der Waals surface area contributed by atoms with Crippen molar-refractivity contribution >= 4 is 23.1 Å². The van der Waals surface area contributed by atoms with Crippen LogP contribution in [0.1, 0.15) is 20.9 Å². The Morgan fingerprint density at radius 3 is 2.89 bits per heavy atom. The highest BCUT2D eigenvalue weighted by atomic mass is 32.1. The summed E-state index contributed by atoms with van der Waals surface area (Å²) in [5, 5.41) is 11.1. The predicted molar refractivity (Wildman–Crippen MR) is 77.2 cm³/mol. The summed E-state index contributed by atoms with van der Waals surface area (Å²) in [5.41, 5.74) is 1.00. The fourth-order valence-corrected chi connectivity index (χ4v) is 2.52. The molecule has 0 radical (unpaired) electrons. The zero-order valence-electron chi connectivity index (χ0n) is 11.0. The first-order valence-electron chi connectivity index (χ1n) is 6.02. The number of aromatic nitrogens is 1. The zero-order valence-corrected chi connectivity index (χ0v) is 11.8. The van der Waals surface area contributed by atoms with Crippen molar-refractivity contribution in [2.24, 2.45) is 0 Å². The molecule has 0 spiro atoms. The molecule has 2 aromatic heterocycles. The average Bonchev–Trinajstić information content (AvgIpc) is 2.88. The monoisotopic (exact) mass is 276 g/mol. The van der Waals surface area contributed by atoms with Gasteiger partial charge in [0.15, 0.2) is 0 Å². The van der Waals surface area contributed by atoms with Crippen LogP contribution in [0.5, 0.6) is 0 Å². The van der Waals surface area contributed by atoms with Crippen LogP contribution >= 0.6 is 11.3 Å². The Morgan fingerprint density at radius 2 is 2.26 bits per heavy atom. The molecule has 2 rings (SSSR count). The quantitative estimate of drug-likeness (QED) is 0.912.